The number of carbonyl (C=O) groups is 1. The lowest BCUT2D eigenvalue weighted by molar-refractivity contribution is -0.391. The van der Waals surface area contributed by atoms with E-state index in [0.29, 0.717) is 0 Å². The van der Waals surface area contributed by atoms with Crippen LogP contribution in [0.15, 0.2) is 0 Å². The summed E-state index contributed by atoms with van der Waals surface area (Å²) in [5, 5.41) is 19.0. The van der Waals surface area contributed by atoms with Crippen LogP contribution in [0.2, 0.25) is 0 Å². The fourth-order valence-electron chi connectivity index (χ4n) is 2.22. The lowest BCUT2D eigenvalue weighted by Gasteiger charge is -2.42. The van der Waals surface area contributed by atoms with E-state index in [2.05, 4.69) is 4.74 Å². The molecule has 0 rings (SSSR count). The lowest BCUT2D eigenvalue weighted by atomic mass is 9.79. The standard InChI is InChI=1S/C16H23F9O4/c1-6-11(3,4)10(26)29-9(7-12(5,27)14(17,18)19)8(2)13(28,15(20,21)22)16(23,24)25/h8-9,27-28H,6-7H2,1-5H3. The maximum absolute atomic E-state index is 13.1. The number of ether oxygens (including phenoxy) is 1. The Morgan fingerprint density at radius 2 is 1.24 bits per heavy atom. The highest BCUT2D eigenvalue weighted by Gasteiger charge is 2.74. The summed E-state index contributed by atoms with van der Waals surface area (Å²) >= 11 is 0. The van der Waals surface area contributed by atoms with E-state index in [0.717, 1.165) is 0 Å². The zero-order valence-electron chi connectivity index (χ0n) is 16.2. The van der Waals surface area contributed by atoms with E-state index in [1.807, 2.05) is 0 Å². The molecule has 0 aliphatic heterocycles. The molecule has 0 fully saturated rings. The molecule has 0 aliphatic rings. The van der Waals surface area contributed by atoms with Gasteiger partial charge in [0.2, 0.25) is 0 Å². The summed E-state index contributed by atoms with van der Waals surface area (Å²) < 4.78 is 122. The van der Waals surface area contributed by atoms with Gasteiger partial charge in [-0.3, -0.25) is 4.79 Å². The second-order valence-electron chi connectivity index (χ2n) is 7.71. The summed E-state index contributed by atoms with van der Waals surface area (Å²) in [4.78, 5) is 12.1. The SMILES string of the molecule is CCC(C)(C)C(=O)OC(CC(C)(O)C(F)(F)F)C(C)C(O)(C(F)(F)F)C(F)(F)F. The van der Waals surface area contributed by atoms with Gasteiger partial charge in [0, 0.05) is 12.3 Å². The summed E-state index contributed by atoms with van der Waals surface area (Å²) in [6.07, 6.45) is -22.8. The molecule has 0 aromatic heterocycles. The number of hydrogen-bond donors (Lipinski definition) is 2. The van der Waals surface area contributed by atoms with Gasteiger partial charge in [-0.2, -0.15) is 39.5 Å². The third-order valence-electron chi connectivity index (χ3n) is 4.99. The van der Waals surface area contributed by atoms with Crippen LogP contribution in [0, 0.1) is 11.3 Å². The van der Waals surface area contributed by atoms with Crippen molar-refractivity contribution in [2.75, 3.05) is 0 Å². The largest absolute Gasteiger partial charge is 0.461 e. The minimum absolute atomic E-state index is 0.00852. The van der Waals surface area contributed by atoms with Gasteiger partial charge in [-0.1, -0.05) is 13.8 Å². The van der Waals surface area contributed by atoms with Crippen molar-refractivity contribution in [3.63, 3.8) is 0 Å². The highest BCUT2D eigenvalue weighted by Crippen LogP contribution is 2.50. The molecule has 0 aromatic rings. The monoisotopic (exact) mass is 450 g/mol. The maximum Gasteiger partial charge on any atom is 0.426 e. The van der Waals surface area contributed by atoms with Gasteiger partial charge in [-0.15, -0.1) is 0 Å². The van der Waals surface area contributed by atoms with Crippen molar-refractivity contribution < 1.29 is 59.3 Å². The van der Waals surface area contributed by atoms with Gasteiger partial charge in [-0.25, -0.2) is 0 Å². The molecule has 3 unspecified atom stereocenters. The summed E-state index contributed by atoms with van der Waals surface area (Å²) in [6.45, 7) is 4.08. The number of rotatable bonds is 7. The Bertz CT molecular complexity index is 562. The first kappa shape index (κ1) is 27.8. The molecule has 4 nitrogen and oxygen atoms in total. The highest BCUT2D eigenvalue weighted by molar-refractivity contribution is 5.76. The predicted molar refractivity (Wildman–Crippen MR) is 81.5 cm³/mol. The van der Waals surface area contributed by atoms with Gasteiger partial charge in [0.05, 0.1) is 5.41 Å². The third kappa shape index (κ3) is 5.68. The molecule has 0 spiro atoms. The van der Waals surface area contributed by atoms with Crippen molar-refractivity contribution in [3.05, 3.63) is 0 Å². The summed E-state index contributed by atoms with van der Waals surface area (Å²) in [5.74, 6) is -4.52. The minimum atomic E-state index is -6.36. The molecule has 0 saturated carbocycles. The molecule has 0 saturated heterocycles. The van der Waals surface area contributed by atoms with Crippen LogP contribution in [-0.4, -0.2) is 52.0 Å². The first-order chi connectivity index (χ1) is 12.5. The molecular weight excluding hydrogens is 427 g/mol. The number of carbonyl (C=O) groups excluding carboxylic acids is 1. The van der Waals surface area contributed by atoms with Crippen molar-refractivity contribution in [1.82, 2.24) is 0 Å². The van der Waals surface area contributed by atoms with Crippen LogP contribution in [0.25, 0.3) is 0 Å². The molecule has 0 amide bonds. The molecule has 0 heterocycles. The minimum Gasteiger partial charge on any atom is -0.461 e. The molecule has 13 heteroatoms. The molecule has 0 aromatic carbocycles. The Kier molecular flexibility index (Phi) is 7.77. The summed E-state index contributed by atoms with van der Waals surface area (Å²) in [7, 11) is 0. The van der Waals surface area contributed by atoms with Crippen LogP contribution in [0.1, 0.15) is 47.5 Å². The van der Waals surface area contributed by atoms with E-state index < -0.39 is 59.6 Å². The van der Waals surface area contributed by atoms with Crippen LogP contribution < -0.4 is 0 Å². The van der Waals surface area contributed by atoms with E-state index in [1.165, 1.54) is 20.8 Å². The average molecular weight is 450 g/mol. The number of aliphatic hydroxyl groups is 2. The van der Waals surface area contributed by atoms with E-state index in [4.69, 9.17) is 0 Å². The summed E-state index contributed by atoms with van der Waals surface area (Å²) in [5.41, 5.74) is -10.8. The van der Waals surface area contributed by atoms with E-state index >= 15 is 0 Å². The molecule has 0 radical (unpaired) electrons. The van der Waals surface area contributed by atoms with Crippen molar-refractivity contribution in [1.29, 1.82) is 0 Å². The second kappa shape index (κ2) is 8.12. The first-order valence-corrected chi connectivity index (χ1v) is 8.31. The van der Waals surface area contributed by atoms with Crippen molar-refractivity contribution in [3.8, 4) is 0 Å². The van der Waals surface area contributed by atoms with Crippen molar-refractivity contribution >= 4 is 5.97 Å². The van der Waals surface area contributed by atoms with E-state index in [-0.39, 0.29) is 20.3 Å². The Morgan fingerprint density at radius 3 is 1.52 bits per heavy atom. The quantitative estimate of drug-likeness (QED) is 0.442. The zero-order valence-corrected chi connectivity index (χ0v) is 16.2. The predicted octanol–water partition coefficient (Wildman–Crippen LogP) is 4.53. The second-order valence-corrected chi connectivity index (χ2v) is 7.71. The maximum atomic E-state index is 13.1. The van der Waals surface area contributed by atoms with Gasteiger partial charge in [-0.05, 0) is 27.2 Å². The third-order valence-corrected chi connectivity index (χ3v) is 4.99. The number of esters is 1. The number of alkyl halides is 9. The molecule has 174 valence electrons. The molecule has 29 heavy (non-hydrogen) atoms. The normalized spacial score (nSPS) is 18.8. The van der Waals surface area contributed by atoms with Crippen LogP contribution in [-0.2, 0) is 9.53 Å². The van der Waals surface area contributed by atoms with E-state index in [1.54, 1.807) is 0 Å². The van der Waals surface area contributed by atoms with Crippen molar-refractivity contribution in [2.45, 2.75) is 83.3 Å². The lowest BCUT2D eigenvalue weighted by Crippen LogP contribution is -2.64. The Balaban J connectivity index is 6.38. The van der Waals surface area contributed by atoms with Gasteiger partial charge < -0.3 is 14.9 Å². The van der Waals surface area contributed by atoms with Gasteiger partial charge in [0.25, 0.3) is 5.60 Å². The molecular formula is C16H23F9O4. The highest BCUT2D eigenvalue weighted by atomic mass is 19.4. The Morgan fingerprint density at radius 1 is 0.862 bits per heavy atom. The van der Waals surface area contributed by atoms with Gasteiger partial charge >= 0.3 is 24.5 Å². The molecule has 0 aliphatic carbocycles. The average Bonchev–Trinajstić information content (AvgIpc) is 2.48. The van der Waals surface area contributed by atoms with Crippen LogP contribution >= 0.6 is 0 Å². The zero-order chi connectivity index (χ0) is 23.9. The van der Waals surface area contributed by atoms with Gasteiger partial charge in [0.1, 0.15) is 6.10 Å². The topological polar surface area (TPSA) is 66.8 Å². The fraction of sp³-hybridized carbons (Fsp3) is 0.938. The molecule has 3 atom stereocenters. The van der Waals surface area contributed by atoms with Crippen LogP contribution in [0.3, 0.4) is 0 Å². The van der Waals surface area contributed by atoms with Gasteiger partial charge in [0.15, 0.2) is 5.60 Å². The Hall–Kier alpha value is -1.24. The van der Waals surface area contributed by atoms with Crippen LogP contribution in [0.5, 0.6) is 0 Å². The summed E-state index contributed by atoms with van der Waals surface area (Å²) in [6, 6.07) is 0. The van der Waals surface area contributed by atoms with E-state index in [9.17, 15) is 54.5 Å². The fourth-order valence-corrected chi connectivity index (χ4v) is 2.22. The first-order valence-electron chi connectivity index (χ1n) is 8.31. The van der Waals surface area contributed by atoms with Crippen molar-refractivity contribution in [2.24, 2.45) is 11.3 Å². The smallest absolute Gasteiger partial charge is 0.426 e. The Labute approximate surface area is 161 Å². The number of halogens is 9. The molecule has 2 N–H and O–H groups in total. The molecule has 0 bridgehead atoms. The van der Waals surface area contributed by atoms with Crippen LogP contribution in [0.4, 0.5) is 39.5 Å². The number of hydrogen-bond acceptors (Lipinski definition) is 4.